The van der Waals surface area contributed by atoms with Crippen LogP contribution in [0.2, 0.25) is 5.02 Å². The molecule has 0 bridgehead atoms. The standard InChI is InChI=1S/C25H22ClF5N4O/c1-35-6-2-3-13(12-35)16-7-14(27)8-21(32)23(16)18-10-19(26)17(11-20(18)28)24(36)34-15-4-5-33-22(9-15)25(29,30)31/h4-5,7-11,13H,2-3,6,12,32H2,1H3,(H,33,34,36). The highest BCUT2D eigenvalue weighted by atomic mass is 35.5. The highest BCUT2D eigenvalue weighted by molar-refractivity contribution is 6.34. The number of benzene rings is 2. The number of pyridine rings is 1. The molecule has 1 unspecified atom stereocenters. The van der Waals surface area contributed by atoms with Crippen molar-refractivity contribution in [3.63, 3.8) is 0 Å². The molecule has 1 aromatic heterocycles. The average Bonchev–Trinajstić information content (AvgIpc) is 2.79. The van der Waals surface area contributed by atoms with Crippen molar-refractivity contribution in [3.05, 3.63) is 76.1 Å². The quantitative estimate of drug-likeness (QED) is 0.308. The number of hydrogen-bond acceptors (Lipinski definition) is 4. The second kappa shape index (κ2) is 10.0. The maximum Gasteiger partial charge on any atom is 0.433 e. The van der Waals surface area contributed by atoms with Gasteiger partial charge in [0, 0.05) is 35.2 Å². The fraction of sp³-hybridized carbons (Fsp3) is 0.280. The zero-order valence-electron chi connectivity index (χ0n) is 19.1. The van der Waals surface area contributed by atoms with Crippen molar-refractivity contribution >= 4 is 28.9 Å². The Morgan fingerprint density at radius 3 is 2.64 bits per heavy atom. The number of aromatic nitrogens is 1. The minimum Gasteiger partial charge on any atom is -0.398 e. The first-order valence-electron chi connectivity index (χ1n) is 11.1. The predicted octanol–water partition coefficient (Wildman–Crippen LogP) is 6.34. The van der Waals surface area contributed by atoms with Crippen molar-refractivity contribution in [2.75, 3.05) is 31.2 Å². The number of likely N-dealkylation sites (N-methyl/N-ethyl adjacent to an activating group) is 1. The summed E-state index contributed by atoms with van der Waals surface area (Å²) in [5, 5.41) is 2.13. The molecule has 5 nitrogen and oxygen atoms in total. The number of nitrogens with one attached hydrogen (secondary N) is 1. The van der Waals surface area contributed by atoms with Crippen LogP contribution in [0.25, 0.3) is 11.1 Å². The molecule has 2 aromatic carbocycles. The highest BCUT2D eigenvalue weighted by Crippen LogP contribution is 2.41. The van der Waals surface area contributed by atoms with Crippen LogP contribution < -0.4 is 11.1 Å². The van der Waals surface area contributed by atoms with Crippen LogP contribution >= 0.6 is 11.6 Å². The van der Waals surface area contributed by atoms with Gasteiger partial charge in [0.05, 0.1) is 10.6 Å². The monoisotopic (exact) mass is 524 g/mol. The van der Waals surface area contributed by atoms with Crippen LogP contribution in [-0.4, -0.2) is 35.9 Å². The van der Waals surface area contributed by atoms with Gasteiger partial charge in [0.1, 0.15) is 17.3 Å². The van der Waals surface area contributed by atoms with E-state index in [0.29, 0.717) is 23.7 Å². The summed E-state index contributed by atoms with van der Waals surface area (Å²) in [5.41, 5.74) is 5.33. The lowest BCUT2D eigenvalue weighted by molar-refractivity contribution is -0.141. The van der Waals surface area contributed by atoms with E-state index in [4.69, 9.17) is 17.3 Å². The Morgan fingerprint density at radius 1 is 1.19 bits per heavy atom. The van der Waals surface area contributed by atoms with Crippen molar-refractivity contribution in [2.24, 2.45) is 0 Å². The van der Waals surface area contributed by atoms with E-state index in [2.05, 4.69) is 15.2 Å². The van der Waals surface area contributed by atoms with Crippen LogP contribution in [0.4, 0.5) is 33.3 Å². The zero-order valence-corrected chi connectivity index (χ0v) is 19.9. The summed E-state index contributed by atoms with van der Waals surface area (Å²) < 4.78 is 68.4. The third-order valence-electron chi connectivity index (χ3n) is 6.11. The van der Waals surface area contributed by atoms with Crippen molar-refractivity contribution in [2.45, 2.75) is 24.9 Å². The number of amides is 1. The maximum atomic E-state index is 15.4. The minimum atomic E-state index is -4.70. The van der Waals surface area contributed by atoms with Gasteiger partial charge < -0.3 is 16.0 Å². The van der Waals surface area contributed by atoms with Gasteiger partial charge in [0.25, 0.3) is 5.91 Å². The van der Waals surface area contributed by atoms with Crippen LogP contribution in [0.15, 0.2) is 42.6 Å². The Balaban J connectivity index is 1.70. The largest absolute Gasteiger partial charge is 0.433 e. The van der Waals surface area contributed by atoms with E-state index in [0.717, 1.165) is 37.7 Å². The summed E-state index contributed by atoms with van der Waals surface area (Å²) in [6.07, 6.45) is -2.16. The zero-order chi connectivity index (χ0) is 26.2. The van der Waals surface area contributed by atoms with E-state index in [9.17, 15) is 22.4 Å². The van der Waals surface area contributed by atoms with Gasteiger partial charge in [-0.15, -0.1) is 0 Å². The fourth-order valence-electron chi connectivity index (χ4n) is 4.48. The van der Waals surface area contributed by atoms with E-state index in [1.807, 2.05) is 7.05 Å². The molecule has 1 amide bonds. The second-order valence-corrected chi connectivity index (χ2v) is 9.16. The van der Waals surface area contributed by atoms with Crippen LogP contribution in [0.5, 0.6) is 0 Å². The molecule has 2 heterocycles. The molecule has 0 spiro atoms. The molecular weight excluding hydrogens is 503 g/mol. The number of carbonyl (C=O) groups is 1. The van der Waals surface area contributed by atoms with Crippen molar-refractivity contribution in [1.29, 1.82) is 0 Å². The van der Waals surface area contributed by atoms with Gasteiger partial charge in [-0.25, -0.2) is 8.78 Å². The average molecular weight is 525 g/mol. The number of rotatable bonds is 4. The van der Waals surface area contributed by atoms with Crippen molar-refractivity contribution < 1.29 is 26.7 Å². The number of carbonyl (C=O) groups excluding carboxylic acids is 1. The third kappa shape index (κ3) is 5.44. The summed E-state index contributed by atoms with van der Waals surface area (Å²) in [4.78, 5) is 18.0. The molecule has 0 aliphatic carbocycles. The number of anilines is 2. The molecule has 1 aliphatic rings. The first-order valence-corrected chi connectivity index (χ1v) is 11.4. The van der Waals surface area contributed by atoms with Gasteiger partial charge >= 0.3 is 6.18 Å². The van der Waals surface area contributed by atoms with Gasteiger partial charge in [-0.1, -0.05) is 11.6 Å². The topological polar surface area (TPSA) is 71.2 Å². The van der Waals surface area contributed by atoms with Crippen molar-refractivity contribution in [1.82, 2.24) is 9.88 Å². The Hall–Kier alpha value is -3.24. The smallest absolute Gasteiger partial charge is 0.398 e. The first-order chi connectivity index (χ1) is 16.9. The molecule has 36 heavy (non-hydrogen) atoms. The first kappa shape index (κ1) is 25.8. The number of nitrogens with zero attached hydrogens (tertiary/aromatic N) is 2. The summed E-state index contributed by atoms with van der Waals surface area (Å²) in [6, 6.07) is 6.37. The molecule has 0 radical (unpaired) electrons. The van der Waals surface area contributed by atoms with Gasteiger partial charge in [0.15, 0.2) is 0 Å². The molecule has 3 aromatic rings. The van der Waals surface area contributed by atoms with Gasteiger partial charge in [-0.2, -0.15) is 13.2 Å². The number of piperidine rings is 1. The van der Waals surface area contributed by atoms with E-state index < -0.39 is 29.4 Å². The molecule has 11 heteroatoms. The Bertz CT molecular complexity index is 1310. The Morgan fingerprint density at radius 2 is 1.94 bits per heavy atom. The lowest BCUT2D eigenvalue weighted by Gasteiger charge is -2.31. The van der Waals surface area contributed by atoms with E-state index in [1.165, 1.54) is 18.2 Å². The summed E-state index contributed by atoms with van der Waals surface area (Å²) in [6.45, 7) is 1.53. The van der Waals surface area contributed by atoms with E-state index >= 15 is 4.39 Å². The number of hydrogen-bond donors (Lipinski definition) is 2. The minimum absolute atomic E-state index is 0.000505. The molecule has 1 atom stereocenters. The molecule has 1 saturated heterocycles. The summed E-state index contributed by atoms with van der Waals surface area (Å²) in [5.74, 6) is -2.38. The van der Waals surface area contributed by atoms with E-state index in [1.54, 1.807) is 0 Å². The summed E-state index contributed by atoms with van der Waals surface area (Å²) >= 11 is 6.32. The molecule has 190 valence electrons. The Labute approximate surface area is 209 Å². The van der Waals surface area contributed by atoms with Crippen LogP contribution in [0.3, 0.4) is 0 Å². The van der Waals surface area contributed by atoms with Gasteiger partial charge in [-0.3, -0.25) is 9.78 Å². The molecule has 3 N–H and O–H groups in total. The third-order valence-corrected chi connectivity index (χ3v) is 6.42. The molecule has 4 rings (SSSR count). The van der Waals surface area contributed by atoms with E-state index in [-0.39, 0.29) is 33.4 Å². The van der Waals surface area contributed by atoms with Crippen LogP contribution in [-0.2, 0) is 6.18 Å². The molecule has 0 saturated carbocycles. The summed E-state index contributed by atoms with van der Waals surface area (Å²) in [7, 11) is 1.94. The lowest BCUT2D eigenvalue weighted by atomic mass is 9.84. The lowest BCUT2D eigenvalue weighted by Crippen LogP contribution is -2.31. The normalized spacial score (nSPS) is 16.7. The second-order valence-electron chi connectivity index (χ2n) is 8.75. The van der Waals surface area contributed by atoms with Gasteiger partial charge in [-0.05, 0) is 74.3 Å². The number of likely N-dealkylation sites (tertiary alicyclic amines) is 1. The maximum absolute atomic E-state index is 15.4. The Kier molecular flexibility index (Phi) is 7.19. The molecule has 1 aliphatic heterocycles. The molecule has 1 fully saturated rings. The fourth-order valence-corrected chi connectivity index (χ4v) is 4.73. The van der Waals surface area contributed by atoms with Gasteiger partial charge in [0.2, 0.25) is 0 Å². The van der Waals surface area contributed by atoms with Crippen molar-refractivity contribution in [3.8, 4) is 11.1 Å². The molecular formula is C25H22ClF5N4O. The van der Waals surface area contributed by atoms with Crippen LogP contribution in [0, 0.1) is 11.6 Å². The van der Waals surface area contributed by atoms with Crippen LogP contribution in [0.1, 0.15) is 40.4 Å². The predicted molar refractivity (Wildman–Crippen MR) is 128 cm³/mol. The SMILES string of the molecule is CN1CCCC(c2cc(F)cc(N)c2-c2cc(Cl)c(C(=O)Nc3ccnc(C(F)(F)F)c3)cc2F)C1. The highest BCUT2D eigenvalue weighted by Gasteiger charge is 2.33. The number of nitrogen functional groups attached to an aromatic ring is 1. The number of halogens is 6. The number of nitrogens with two attached hydrogens (primary N) is 1. The number of alkyl halides is 3.